The third-order valence-corrected chi connectivity index (χ3v) is 3.29. The molecule has 1 amide bonds. The van der Waals surface area contributed by atoms with Gasteiger partial charge in [0.25, 0.3) is 0 Å². The lowest BCUT2D eigenvalue weighted by molar-refractivity contribution is -0.129. The van der Waals surface area contributed by atoms with E-state index in [1.54, 1.807) is 6.20 Å². The van der Waals surface area contributed by atoms with Crippen molar-refractivity contribution >= 4 is 5.91 Å². The summed E-state index contributed by atoms with van der Waals surface area (Å²) in [5.41, 5.74) is 7.16. The molecule has 1 aromatic rings. The van der Waals surface area contributed by atoms with Gasteiger partial charge in [0, 0.05) is 31.7 Å². The highest BCUT2D eigenvalue weighted by atomic mass is 16.2. The maximum absolute atomic E-state index is 11.9. The summed E-state index contributed by atoms with van der Waals surface area (Å²) < 4.78 is 1.92. The molecule has 1 fully saturated rings. The third kappa shape index (κ3) is 2.07. The van der Waals surface area contributed by atoms with Gasteiger partial charge in [-0.1, -0.05) is 6.92 Å². The van der Waals surface area contributed by atoms with Crippen molar-refractivity contribution in [2.75, 3.05) is 6.54 Å². The molecule has 94 valence electrons. The van der Waals surface area contributed by atoms with Crippen LogP contribution in [0.3, 0.4) is 0 Å². The molecule has 0 bridgehead atoms. The second kappa shape index (κ2) is 4.87. The SMILES string of the molecule is CCCN1C(=O)C[C@H](N)[C@H]1c1ccnn1CC. The van der Waals surface area contributed by atoms with E-state index < -0.39 is 0 Å². The number of aromatic nitrogens is 2. The topological polar surface area (TPSA) is 64.2 Å². The minimum absolute atomic E-state index is 0.00935. The second-order valence-electron chi connectivity index (χ2n) is 4.47. The van der Waals surface area contributed by atoms with Crippen molar-refractivity contribution in [3.63, 3.8) is 0 Å². The standard InChI is InChI=1S/C12H20N4O/c1-3-7-15-11(17)8-9(13)12(15)10-5-6-14-16(10)4-2/h5-6,9,12H,3-4,7-8,13H2,1-2H3/t9-,12-/m0/s1. The molecule has 2 atom stereocenters. The Morgan fingerprint density at radius 2 is 2.29 bits per heavy atom. The van der Waals surface area contributed by atoms with Crippen LogP contribution in [0.25, 0.3) is 0 Å². The van der Waals surface area contributed by atoms with Gasteiger partial charge in [-0.05, 0) is 19.4 Å². The zero-order chi connectivity index (χ0) is 12.4. The minimum atomic E-state index is -0.115. The van der Waals surface area contributed by atoms with Crippen LogP contribution in [-0.4, -0.2) is 33.2 Å². The van der Waals surface area contributed by atoms with E-state index in [1.165, 1.54) is 0 Å². The number of hydrogen-bond acceptors (Lipinski definition) is 3. The predicted molar refractivity (Wildman–Crippen MR) is 65.2 cm³/mol. The normalized spacial score (nSPS) is 24.6. The van der Waals surface area contributed by atoms with Crippen LogP contribution in [0.4, 0.5) is 0 Å². The van der Waals surface area contributed by atoms with E-state index in [4.69, 9.17) is 5.73 Å². The third-order valence-electron chi connectivity index (χ3n) is 3.29. The fourth-order valence-electron chi connectivity index (χ4n) is 2.56. The van der Waals surface area contributed by atoms with Crippen molar-refractivity contribution in [1.82, 2.24) is 14.7 Å². The second-order valence-corrected chi connectivity index (χ2v) is 4.47. The Labute approximate surface area is 102 Å². The first-order chi connectivity index (χ1) is 8.19. The highest BCUT2D eigenvalue weighted by Crippen LogP contribution is 2.31. The van der Waals surface area contributed by atoms with Gasteiger partial charge in [0.2, 0.25) is 5.91 Å². The number of likely N-dealkylation sites (tertiary alicyclic amines) is 1. The number of carbonyl (C=O) groups excluding carboxylic acids is 1. The Bertz CT molecular complexity index is 401. The van der Waals surface area contributed by atoms with Crippen LogP contribution in [0.15, 0.2) is 12.3 Å². The Morgan fingerprint density at radius 1 is 1.53 bits per heavy atom. The van der Waals surface area contributed by atoms with Gasteiger partial charge < -0.3 is 10.6 Å². The molecule has 0 aromatic carbocycles. The molecule has 0 unspecified atom stereocenters. The summed E-state index contributed by atoms with van der Waals surface area (Å²) in [4.78, 5) is 13.8. The van der Waals surface area contributed by atoms with Gasteiger partial charge in [-0.25, -0.2) is 0 Å². The van der Waals surface area contributed by atoms with Crippen LogP contribution in [0.5, 0.6) is 0 Å². The van der Waals surface area contributed by atoms with Gasteiger partial charge in [-0.2, -0.15) is 5.10 Å². The first kappa shape index (κ1) is 12.1. The van der Waals surface area contributed by atoms with E-state index in [0.717, 1.165) is 25.2 Å². The van der Waals surface area contributed by atoms with Crippen LogP contribution >= 0.6 is 0 Å². The average molecular weight is 236 g/mol. The molecule has 2 N–H and O–H groups in total. The maximum Gasteiger partial charge on any atom is 0.224 e. The number of hydrogen-bond donors (Lipinski definition) is 1. The van der Waals surface area contributed by atoms with E-state index in [-0.39, 0.29) is 18.0 Å². The van der Waals surface area contributed by atoms with Gasteiger partial charge in [-0.15, -0.1) is 0 Å². The lowest BCUT2D eigenvalue weighted by Gasteiger charge is -2.27. The molecule has 0 spiro atoms. The van der Waals surface area contributed by atoms with Gasteiger partial charge in [0.1, 0.15) is 0 Å². The molecule has 5 heteroatoms. The smallest absolute Gasteiger partial charge is 0.224 e. The number of carbonyl (C=O) groups is 1. The lowest BCUT2D eigenvalue weighted by Crippen LogP contribution is -2.35. The predicted octanol–water partition coefficient (Wildman–Crippen LogP) is 0.914. The average Bonchev–Trinajstić information content (AvgIpc) is 2.85. The summed E-state index contributed by atoms with van der Waals surface area (Å²) in [6.45, 7) is 5.69. The molecule has 0 radical (unpaired) electrons. The van der Waals surface area contributed by atoms with Crippen molar-refractivity contribution in [3.8, 4) is 0 Å². The number of aryl methyl sites for hydroxylation is 1. The number of nitrogens with two attached hydrogens (primary N) is 1. The van der Waals surface area contributed by atoms with E-state index in [1.807, 2.05) is 22.6 Å². The first-order valence-electron chi connectivity index (χ1n) is 6.25. The fourth-order valence-corrected chi connectivity index (χ4v) is 2.56. The Morgan fingerprint density at radius 3 is 2.94 bits per heavy atom. The van der Waals surface area contributed by atoms with Gasteiger partial charge in [0.15, 0.2) is 0 Å². The molecule has 5 nitrogen and oxygen atoms in total. The Hall–Kier alpha value is -1.36. The largest absolute Gasteiger partial charge is 0.332 e. The van der Waals surface area contributed by atoms with Gasteiger partial charge in [0.05, 0.1) is 11.7 Å². The van der Waals surface area contributed by atoms with Crippen molar-refractivity contribution in [2.45, 2.75) is 45.3 Å². The van der Waals surface area contributed by atoms with Crippen molar-refractivity contribution in [1.29, 1.82) is 0 Å². The molecule has 1 aliphatic heterocycles. The highest BCUT2D eigenvalue weighted by Gasteiger charge is 2.39. The summed E-state index contributed by atoms with van der Waals surface area (Å²) in [5, 5.41) is 4.26. The summed E-state index contributed by atoms with van der Waals surface area (Å²) in [6.07, 6.45) is 3.17. The van der Waals surface area contributed by atoms with E-state index in [9.17, 15) is 4.79 Å². The van der Waals surface area contributed by atoms with Crippen LogP contribution in [0, 0.1) is 0 Å². The molecule has 1 aromatic heterocycles. The molecule has 1 saturated heterocycles. The Balaban J connectivity index is 2.31. The van der Waals surface area contributed by atoms with E-state index in [2.05, 4.69) is 12.0 Å². The monoisotopic (exact) mass is 236 g/mol. The van der Waals surface area contributed by atoms with Crippen LogP contribution < -0.4 is 5.73 Å². The first-order valence-corrected chi connectivity index (χ1v) is 6.25. The fraction of sp³-hybridized carbons (Fsp3) is 0.667. The molecule has 2 heterocycles. The quantitative estimate of drug-likeness (QED) is 0.845. The van der Waals surface area contributed by atoms with E-state index in [0.29, 0.717) is 6.42 Å². The molecular formula is C12H20N4O. The molecule has 0 aliphatic carbocycles. The molecule has 2 rings (SSSR count). The summed E-state index contributed by atoms with van der Waals surface area (Å²) in [6, 6.07) is 1.84. The van der Waals surface area contributed by atoms with Crippen molar-refractivity contribution in [3.05, 3.63) is 18.0 Å². The van der Waals surface area contributed by atoms with Gasteiger partial charge >= 0.3 is 0 Å². The van der Waals surface area contributed by atoms with Crippen LogP contribution in [0.1, 0.15) is 38.4 Å². The lowest BCUT2D eigenvalue weighted by atomic mass is 10.1. The zero-order valence-corrected chi connectivity index (χ0v) is 10.5. The number of rotatable bonds is 4. The van der Waals surface area contributed by atoms with Crippen LogP contribution in [0.2, 0.25) is 0 Å². The molecular weight excluding hydrogens is 216 g/mol. The van der Waals surface area contributed by atoms with Crippen molar-refractivity contribution in [2.24, 2.45) is 5.73 Å². The van der Waals surface area contributed by atoms with Gasteiger partial charge in [-0.3, -0.25) is 9.48 Å². The van der Waals surface area contributed by atoms with Crippen molar-refractivity contribution < 1.29 is 4.79 Å². The minimum Gasteiger partial charge on any atom is -0.332 e. The van der Waals surface area contributed by atoms with E-state index >= 15 is 0 Å². The zero-order valence-electron chi connectivity index (χ0n) is 10.5. The maximum atomic E-state index is 11.9. The number of amides is 1. The van der Waals surface area contributed by atoms with Crippen LogP contribution in [-0.2, 0) is 11.3 Å². The number of nitrogens with zero attached hydrogens (tertiary/aromatic N) is 3. The Kier molecular flexibility index (Phi) is 3.47. The molecule has 17 heavy (non-hydrogen) atoms. The summed E-state index contributed by atoms with van der Waals surface area (Å²) >= 11 is 0. The summed E-state index contributed by atoms with van der Waals surface area (Å²) in [7, 11) is 0. The highest BCUT2D eigenvalue weighted by molar-refractivity contribution is 5.80. The molecule has 1 aliphatic rings. The summed E-state index contributed by atoms with van der Waals surface area (Å²) in [5.74, 6) is 0.160. The molecule has 0 saturated carbocycles.